The van der Waals surface area contributed by atoms with Gasteiger partial charge in [-0.15, -0.1) is 11.3 Å². The molecule has 0 aliphatic carbocycles. The molecule has 0 unspecified atom stereocenters. The van der Waals surface area contributed by atoms with E-state index in [0.717, 1.165) is 11.3 Å². The highest BCUT2D eigenvalue weighted by Crippen LogP contribution is 2.34. The van der Waals surface area contributed by atoms with Crippen LogP contribution in [0, 0.1) is 6.92 Å². The number of thiophene rings is 1. The molecule has 0 fully saturated rings. The zero-order chi connectivity index (χ0) is 21.6. The number of halogens is 2. The van der Waals surface area contributed by atoms with E-state index in [1.807, 2.05) is 0 Å². The molecule has 0 atom stereocenters. The summed E-state index contributed by atoms with van der Waals surface area (Å²) in [6.07, 6.45) is 0. The highest BCUT2D eigenvalue weighted by Gasteiger charge is 2.27. The first-order chi connectivity index (χ1) is 13.8. The van der Waals surface area contributed by atoms with Crippen LogP contribution in [0.5, 0.6) is 5.75 Å². The van der Waals surface area contributed by atoms with E-state index in [0.29, 0.717) is 20.8 Å². The van der Waals surface area contributed by atoms with Gasteiger partial charge in [-0.3, -0.25) is 4.79 Å². The van der Waals surface area contributed by atoms with E-state index in [1.54, 1.807) is 39.0 Å². The van der Waals surface area contributed by atoms with Crippen molar-refractivity contribution in [2.24, 2.45) is 0 Å². The van der Waals surface area contributed by atoms with Crippen molar-refractivity contribution in [1.29, 1.82) is 0 Å². The SMILES string of the molecule is CCOC(=O)c1sc(NC(=O)COc2ccc(Cl)cc2Br)c(C(=O)OCC)c1C. The number of carbonyl (C=O) groups is 3. The van der Waals surface area contributed by atoms with Crippen LogP contribution in [0.2, 0.25) is 5.02 Å². The van der Waals surface area contributed by atoms with Gasteiger partial charge in [0, 0.05) is 5.02 Å². The maximum atomic E-state index is 12.4. The van der Waals surface area contributed by atoms with Gasteiger partial charge >= 0.3 is 11.9 Å². The third-order valence-electron chi connectivity index (χ3n) is 3.59. The van der Waals surface area contributed by atoms with Gasteiger partial charge in [0.2, 0.25) is 0 Å². The second-order valence-corrected chi connectivity index (χ2v) is 7.92. The molecule has 2 rings (SSSR count). The zero-order valence-corrected chi connectivity index (χ0v) is 19.1. The first-order valence-corrected chi connectivity index (χ1v) is 10.6. The van der Waals surface area contributed by atoms with Crippen molar-refractivity contribution in [1.82, 2.24) is 0 Å². The van der Waals surface area contributed by atoms with Crippen LogP contribution in [0.3, 0.4) is 0 Å². The van der Waals surface area contributed by atoms with Crippen molar-refractivity contribution < 1.29 is 28.6 Å². The Balaban J connectivity index is 2.20. The third kappa shape index (κ3) is 5.94. The molecule has 29 heavy (non-hydrogen) atoms. The summed E-state index contributed by atoms with van der Waals surface area (Å²) in [6, 6.07) is 4.90. The smallest absolute Gasteiger partial charge is 0.348 e. The number of benzene rings is 1. The van der Waals surface area contributed by atoms with Gasteiger partial charge in [0.25, 0.3) is 5.91 Å². The summed E-state index contributed by atoms with van der Waals surface area (Å²) in [5, 5.41) is 3.34. The fourth-order valence-electron chi connectivity index (χ4n) is 2.34. The van der Waals surface area contributed by atoms with Gasteiger partial charge in [-0.1, -0.05) is 11.6 Å². The lowest BCUT2D eigenvalue weighted by Gasteiger charge is -2.09. The number of esters is 2. The Kier molecular flexibility index (Phi) is 8.48. The number of nitrogens with one attached hydrogen (secondary N) is 1. The van der Waals surface area contributed by atoms with Crippen molar-refractivity contribution >= 4 is 61.7 Å². The van der Waals surface area contributed by atoms with E-state index in [4.69, 9.17) is 25.8 Å². The molecule has 1 amide bonds. The predicted molar refractivity (Wildman–Crippen MR) is 114 cm³/mol. The number of anilines is 1. The minimum Gasteiger partial charge on any atom is -0.483 e. The van der Waals surface area contributed by atoms with Crippen LogP contribution in [0.15, 0.2) is 22.7 Å². The van der Waals surface area contributed by atoms with E-state index in [2.05, 4.69) is 21.2 Å². The molecule has 156 valence electrons. The summed E-state index contributed by atoms with van der Waals surface area (Å²) < 4.78 is 16.1. The Hall–Kier alpha value is -2.10. The van der Waals surface area contributed by atoms with Crippen LogP contribution in [0.4, 0.5) is 5.00 Å². The number of rotatable bonds is 8. The summed E-state index contributed by atoms with van der Waals surface area (Å²) in [5.74, 6) is -1.27. The van der Waals surface area contributed by atoms with E-state index in [9.17, 15) is 14.4 Å². The average molecular weight is 505 g/mol. The number of hydrogen-bond acceptors (Lipinski definition) is 7. The number of ether oxygens (including phenoxy) is 3. The number of carbonyl (C=O) groups excluding carboxylic acids is 3. The molecule has 0 bridgehead atoms. The van der Waals surface area contributed by atoms with E-state index < -0.39 is 17.8 Å². The normalized spacial score (nSPS) is 10.4. The molecule has 0 aliphatic rings. The van der Waals surface area contributed by atoms with Crippen molar-refractivity contribution in [3.8, 4) is 5.75 Å². The molecule has 10 heteroatoms. The molecule has 1 aromatic carbocycles. The van der Waals surface area contributed by atoms with Gasteiger partial charge in [0.05, 0.1) is 23.2 Å². The van der Waals surface area contributed by atoms with Gasteiger partial charge in [-0.2, -0.15) is 0 Å². The molecule has 0 saturated carbocycles. The topological polar surface area (TPSA) is 90.9 Å². The zero-order valence-electron chi connectivity index (χ0n) is 16.0. The maximum Gasteiger partial charge on any atom is 0.348 e. The number of hydrogen-bond donors (Lipinski definition) is 1. The number of amides is 1. The average Bonchev–Trinajstić information content (AvgIpc) is 2.97. The van der Waals surface area contributed by atoms with Crippen LogP contribution in [-0.2, 0) is 14.3 Å². The predicted octanol–water partition coefficient (Wildman–Crippen LogP) is 4.84. The van der Waals surface area contributed by atoms with Gasteiger partial charge in [-0.05, 0) is 60.5 Å². The molecule has 0 saturated heterocycles. The van der Waals surface area contributed by atoms with E-state index in [1.165, 1.54) is 0 Å². The highest BCUT2D eigenvalue weighted by atomic mass is 79.9. The standard InChI is InChI=1S/C19H19BrClNO6S/c1-4-26-18(24)15-10(3)16(19(25)27-5-2)29-17(15)22-14(23)9-28-13-7-6-11(21)8-12(13)20/h6-8H,4-5,9H2,1-3H3,(H,22,23). The Morgan fingerprint density at radius 3 is 2.41 bits per heavy atom. The second-order valence-electron chi connectivity index (χ2n) is 5.61. The van der Waals surface area contributed by atoms with Crippen LogP contribution in [0.1, 0.15) is 39.4 Å². The lowest BCUT2D eigenvalue weighted by atomic mass is 10.1. The van der Waals surface area contributed by atoms with E-state index in [-0.39, 0.29) is 35.3 Å². The first kappa shape index (κ1) is 23.2. The fraction of sp³-hybridized carbons (Fsp3) is 0.316. The Morgan fingerprint density at radius 2 is 1.79 bits per heavy atom. The van der Waals surface area contributed by atoms with Crippen molar-refractivity contribution in [2.45, 2.75) is 20.8 Å². The molecule has 2 aromatic rings. The molecular weight excluding hydrogens is 486 g/mol. The lowest BCUT2D eigenvalue weighted by Crippen LogP contribution is -2.21. The second kappa shape index (κ2) is 10.6. The first-order valence-electron chi connectivity index (χ1n) is 8.63. The molecule has 0 spiro atoms. The van der Waals surface area contributed by atoms with Crippen LogP contribution in [0.25, 0.3) is 0 Å². The molecule has 1 N–H and O–H groups in total. The molecule has 1 aromatic heterocycles. The monoisotopic (exact) mass is 503 g/mol. The summed E-state index contributed by atoms with van der Waals surface area (Å²) in [4.78, 5) is 37.1. The highest BCUT2D eigenvalue weighted by molar-refractivity contribution is 9.10. The van der Waals surface area contributed by atoms with Gasteiger partial charge in [-0.25, -0.2) is 9.59 Å². The van der Waals surface area contributed by atoms with Gasteiger partial charge < -0.3 is 19.5 Å². The van der Waals surface area contributed by atoms with Crippen molar-refractivity contribution in [3.63, 3.8) is 0 Å². The van der Waals surface area contributed by atoms with Crippen molar-refractivity contribution in [3.05, 3.63) is 43.7 Å². The fourth-order valence-corrected chi connectivity index (χ4v) is 4.24. The summed E-state index contributed by atoms with van der Waals surface area (Å²) in [7, 11) is 0. The molecule has 0 radical (unpaired) electrons. The molecular formula is C19H19BrClNO6S. The molecule has 7 nitrogen and oxygen atoms in total. The maximum absolute atomic E-state index is 12.4. The van der Waals surface area contributed by atoms with Gasteiger partial charge in [0.15, 0.2) is 6.61 Å². The Morgan fingerprint density at radius 1 is 1.14 bits per heavy atom. The molecule has 1 heterocycles. The van der Waals surface area contributed by atoms with E-state index >= 15 is 0 Å². The third-order valence-corrected chi connectivity index (χ3v) is 5.63. The minimum atomic E-state index is -0.631. The summed E-state index contributed by atoms with van der Waals surface area (Å²) >= 11 is 10.1. The van der Waals surface area contributed by atoms with Crippen LogP contribution in [-0.4, -0.2) is 37.7 Å². The van der Waals surface area contributed by atoms with Crippen molar-refractivity contribution in [2.75, 3.05) is 25.1 Å². The lowest BCUT2D eigenvalue weighted by molar-refractivity contribution is -0.118. The minimum absolute atomic E-state index is 0.126. The Labute approximate surface area is 185 Å². The Bertz CT molecular complexity index is 930. The largest absolute Gasteiger partial charge is 0.483 e. The van der Waals surface area contributed by atoms with Crippen LogP contribution < -0.4 is 10.1 Å². The quantitative estimate of drug-likeness (QED) is 0.517. The van der Waals surface area contributed by atoms with Gasteiger partial charge in [0.1, 0.15) is 15.6 Å². The summed E-state index contributed by atoms with van der Waals surface area (Å²) in [6.45, 7) is 4.99. The summed E-state index contributed by atoms with van der Waals surface area (Å²) in [5.41, 5.74) is 0.518. The molecule has 0 aliphatic heterocycles. The van der Waals surface area contributed by atoms with Crippen LogP contribution >= 0.6 is 38.9 Å².